The number of rotatable bonds is 5. The maximum atomic E-state index is 13.4. The minimum Gasteiger partial charge on any atom is -0.207 e. The molecule has 0 fully saturated rings. The molecule has 1 rings (SSSR count). The molecule has 0 unspecified atom stereocenters. The highest BCUT2D eigenvalue weighted by molar-refractivity contribution is 7.89. The second kappa shape index (κ2) is 6.04. The van der Waals surface area contributed by atoms with Crippen LogP contribution in [0.25, 0.3) is 0 Å². The quantitative estimate of drug-likeness (QED) is 0.783. The SMILES string of the molecule is CCN(CCC(F)(F)F)S(=O)(=O)c1ccc(F)cc1F. The van der Waals surface area contributed by atoms with Gasteiger partial charge >= 0.3 is 6.18 Å². The molecule has 3 nitrogen and oxygen atoms in total. The molecule has 0 aromatic heterocycles. The van der Waals surface area contributed by atoms with E-state index in [0.717, 1.165) is 6.07 Å². The van der Waals surface area contributed by atoms with Crippen molar-refractivity contribution in [2.45, 2.75) is 24.4 Å². The molecular weight excluding hydrogens is 305 g/mol. The summed E-state index contributed by atoms with van der Waals surface area (Å²) >= 11 is 0. The van der Waals surface area contributed by atoms with Gasteiger partial charge in [0.05, 0.1) is 6.42 Å². The number of alkyl halides is 3. The van der Waals surface area contributed by atoms with Crippen molar-refractivity contribution in [1.82, 2.24) is 4.31 Å². The fraction of sp³-hybridized carbons (Fsp3) is 0.455. The van der Waals surface area contributed by atoms with Crippen molar-refractivity contribution >= 4 is 10.0 Å². The van der Waals surface area contributed by atoms with E-state index in [1.807, 2.05) is 0 Å². The van der Waals surface area contributed by atoms with Crippen molar-refractivity contribution < 1.29 is 30.4 Å². The van der Waals surface area contributed by atoms with Crippen molar-refractivity contribution in [3.8, 4) is 0 Å². The molecule has 20 heavy (non-hydrogen) atoms. The monoisotopic (exact) mass is 317 g/mol. The maximum Gasteiger partial charge on any atom is 0.390 e. The van der Waals surface area contributed by atoms with Crippen LogP contribution in [0.2, 0.25) is 0 Å². The fourth-order valence-electron chi connectivity index (χ4n) is 1.52. The van der Waals surface area contributed by atoms with Crippen LogP contribution in [0.4, 0.5) is 22.0 Å². The number of nitrogens with zero attached hydrogens (tertiary/aromatic N) is 1. The first-order valence-electron chi connectivity index (χ1n) is 5.60. The summed E-state index contributed by atoms with van der Waals surface area (Å²) in [4.78, 5) is -0.845. The number of halogens is 5. The van der Waals surface area contributed by atoms with Crippen molar-refractivity contribution in [3.05, 3.63) is 29.8 Å². The van der Waals surface area contributed by atoms with Crippen LogP contribution >= 0.6 is 0 Å². The average molecular weight is 317 g/mol. The molecule has 1 aromatic carbocycles. The van der Waals surface area contributed by atoms with Gasteiger partial charge in [-0.3, -0.25) is 0 Å². The molecule has 1 aromatic rings. The molecule has 9 heteroatoms. The van der Waals surface area contributed by atoms with Gasteiger partial charge in [0.25, 0.3) is 0 Å². The summed E-state index contributed by atoms with van der Waals surface area (Å²) in [6.07, 6.45) is -5.87. The van der Waals surface area contributed by atoms with Crippen LogP contribution in [-0.4, -0.2) is 32.0 Å². The first-order valence-corrected chi connectivity index (χ1v) is 7.04. The first-order chi connectivity index (χ1) is 9.08. The number of sulfonamides is 1. The standard InChI is InChI=1S/C11H12F5NO2S/c1-2-17(6-5-11(14,15)16)20(18,19)10-4-3-8(12)7-9(10)13/h3-4,7H,2,5-6H2,1H3. The molecule has 0 bridgehead atoms. The Labute approximate surface area is 113 Å². The summed E-state index contributed by atoms with van der Waals surface area (Å²) in [5, 5.41) is 0. The predicted molar refractivity (Wildman–Crippen MR) is 61.5 cm³/mol. The molecule has 0 heterocycles. The van der Waals surface area contributed by atoms with Crippen LogP contribution in [0.1, 0.15) is 13.3 Å². The highest BCUT2D eigenvalue weighted by Gasteiger charge is 2.32. The fourth-order valence-corrected chi connectivity index (χ4v) is 3.02. The van der Waals surface area contributed by atoms with Crippen LogP contribution in [0.3, 0.4) is 0 Å². The van der Waals surface area contributed by atoms with Crippen LogP contribution in [-0.2, 0) is 10.0 Å². The summed E-state index contributed by atoms with van der Waals surface area (Å²) in [6, 6.07) is 1.79. The third-order valence-electron chi connectivity index (χ3n) is 2.51. The minimum absolute atomic E-state index is 0.255. The van der Waals surface area contributed by atoms with E-state index in [2.05, 4.69) is 0 Å². The summed E-state index contributed by atoms with van der Waals surface area (Å²) in [5.41, 5.74) is 0. The Morgan fingerprint density at radius 2 is 1.80 bits per heavy atom. The summed E-state index contributed by atoms with van der Waals surface area (Å²) < 4.78 is 87.1. The van der Waals surface area contributed by atoms with Crippen LogP contribution in [0, 0.1) is 11.6 Å². The molecule has 0 aliphatic heterocycles. The molecule has 0 radical (unpaired) electrons. The Morgan fingerprint density at radius 3 is 2.25 bits per heavy atom. The van der Waals surface area contributed by atoms with E-state index in [0.29, 0.717) is 16.4 Å². The molecule has 0 amide bonds. The van der Waals surface area contributed by atoms with Crippen LogP contribution < -0.4 is 0 Å². The Balaban J connectivity index is 3.06. The lowest BCUT2D eigenvalue weighted by Gasteiger charge is -2.21. The molecular formula is C11H12F5NO2S. The zero-order valence-corrected chi connectivity index (χ0v) is 11.2. The van der Waals surface area contributed by atoms with E-state index < -0.39 is 45.7 Å². The smallest absolute Gasteiger partial charge is 0.207 e. The van der Waals surface area contributed by atoms with Gasteiger partial charge in [0.15, 0.2) is 0 Å². The lowest BCUT2D eigenvalue weighted by atomic mass is 10.3. The summed E-state index contributed by atoms with van der Waals surface area (Å²) in [7, 11) is -4.43. The molecule has 0 N–H and O–H groups in total. The van der Waals surface area contributed by atoms with E-state index >= 15 is 0 Å². The molecule has 0 aliphatic carbocycles. The summed E-state index contributed by atoms with van der Waals surface area (Å²) in [6.45, 7) is 0.254. The predicted octanol–water partition coefficient (Wildman–Crippen LogP) is 2.93. The van der Waals surface area contributed by atoms with Gasteiger partial charge in [-0.2, -0.15) is 17.5 Å². The molecule has 114 valence electrons. The highest BCUT2D eigenvalue weighted by Crippen LogP contribution is 2.24. The Morgan fingerprint density at radius 1 is 1.20 bits per heavy atom. The Hall–Kier alpha value is -1.22. The van der Waals surface area contributed by atoms with Gasteiger partial charge in [0.2, 0.25) is 10.0 Å². The number of benzene rings is 1. The molecule has 0 aliphatic rings. The molecule has 0 saturated heterocycles. The van der Waals surface area contributed by atoms with E-state index in [9.17, 15) is 30.4 Å². The third kappa shape index (κ3) is 4.14. The number of hydrogen-bond donors (Lipinski definition) is 0. The lowest BCUT2D eigenvalue weighted by molar-refractivity contribution is -0.135. The van der Waals surface area contributed by atoms with E-state index in [1.165, 1.54) is 6.92 Å². The minimum atomic E-state index is -4.52. The van der Waals surface area contributed by atoms with Gasteiger partial charge in [-0.15, -0.1) is 0 Å². The van der Waals surface area contributed by atoms with E-state index in [4.69, 9.17) is 0 Å². The van der Waals surface area contributed by atoms with Crippen molar-refractivity contribution in [1.29, 1.82) is 0 Å². The molecule has 0 saturated carbocycles. The lowest BCUT2D eigenvalue weighted by Crippen LogP contribution is -2.34. The van der Waals surface area contributed by atoms with Gasteiger partial charge in [-0.1, -0.05) is 6.92 Å². The topological polar surface area (TPSA) is 37.4 Å². The zero-order chi connectivity index (χ0) is 15.6. The van der Waals surface area contributed by atoms with Crippen LogP contribution in [0.15, 0.2) is 23.1 Å². The zero-order valence-electron chi connectivity index (χ0n) is 10.4. The maximum absolute atomic E-state index is 13.4. The normalized spacial score (nSPS) is 12.9. The van der Waals surface area contributed by atoms with Gasteiger partial charge in [-0.05, 0) is 12.1 Å². The van der Waals surface area contributed by atoms with E-state index in [-0.39, 0.29) is 6.54 Å². The van der Waals surface area contributed by atoms with Crippen LogP contribution in [0.5, 0.6) is 0 Å². The van der Waals surface area contributed by atoms with Gasteiger partial charge in [0.1, 0.15) is 16.5 Å². The Kier molecular flexibility index (Phi) is 5.09. The Bertz CT molecular complexity index is 571. The number of hydrogen-bond acceptors (Lipinski definition) is 2. The van der Waals surface area contributed by atoms with Gasteiger partial charge in [-0.25, -0.2) is 17.2 Å². The second-order valence-electron chi connectivity index (χ2n) is 3.94. The molecule has 0 atom stereocenters. The van der Waals surface area contributed by atoms with Crippen molar-refractivity contribution in [3.63, 3.8) is 0 Å². The van der Waals surface area contributed by atoms with Gasteiger partial charge < -0.3 is 0 Å². The third-order valence-corrected chi connectivity index (χ3v) is 4.52. The average Bonchev–Trinajstić information content (AvgIpc) is 2.27. The van der Waals surface area contributed by atoms with Gasteiger partial charge in [0, 0.05) is 19.2 Å². The first kappa shape index (κ1) is 16.8. The van der Waals surface area contributed by atoms with Crippen molar-refractivity contribution in [2.75, 3.05) is 13.1 Å². The van der Waals surface area contributed by atoms with E-state index in [1.54, 1.807) is 0 Å². The highest BCUT2D eigenvalue weighted by atomic mass is 32.2. The van der Waals surface area contributed by atoms with Crippen molar-refractivity contribution in [2.24, 2.45) is 0 Å². The molecule has 0 spiro atoms. The summed E-state index contributed by atoms with van der Waals surface area (Å²) in [5.74, 6) is -2.31. The second-order valence-corrected chi connectivity index (χ2v) is 5.84. The largest absolute Gasteiger partial charge is 0.390 e.